The van der Waals surface area contributed by atoms with Crippen LogP contribution in [0.25, 0.3) is 10.9 Å². The molecule has 0 aliphatic rings. The number of hydrogen-bond donors (Lipinski definition) is 0. The van der Waals surface area contributed by atoms with Crippen molar-refractivity contribution >= 4 is 16.9 Å². The highest BCUT2D eigenvalue weighted by atomic mass is 16.5. The summed E-state index contributed by atoms with van der Waals surface area (Å²) in [6.07, 6.45) is 5.58. The average molecular weight is 266 g/mol. The molecule has 0 radical (unpaired) electrons. The summed E-state index contributed by atoms with van der Waals surface area (Å²) in [7, 11) is 1.39. The van der Waals surface area contributed by atoms with Gasteiger partial charge in [-0.15, -0.1) is 0 Å². The van der Waals surface area contributed by atoms with Gasteiger partial charge in [0.05, 0.1) is 12.7 Å². The number of pyridine rings is 1. The van der Waals surface area contributed by atoms with E-state index in [2.05, 4.69) is 9.55 Å². The third-order valence-corrected chi connectivity index (χ3v) is 3.30. The molecule has 0 saturated carbocycles. The molecule has 1 aromatic carbocycles. The zero-order valence-electron chi connectivity index (χ0n) is 11.1. The lowest BCUT2D eigenvalue weighted by atomic mass is 10.1. The van der Waals surface area contributed by atoms with Gasteiger partial charge in [-0.1, -0.05) is 6.07 Å². The minimum absolute atomic E-state index is 0.316. The Morgan fingerprint density at radius 3 is 2.75 bits per heavy atom. The number of aromatic nitrogens is 2. The van der Waals surface area contributed by atoms with Crippen molar-refractivity contribution in [3.05, 3.63) is 66.1 Å². The summed E-state index contributed by atoms with van der Waals surface area (Å²) < 4.78 is 6.87. The monoisotopic (exact) mass is 266 g/mol. The normalized spacial score (nSPS) is 10.7. The fourth-order valence-electron chi connectivity index (χ4n) is 2.25. The van der Waals surface area contributed by atoms with Crippen LogP contribution in [0.1, 0.15) is 15.9 Å². The van der Waals surface area contributed by atoms with E-state index in [1.807, 2.05) is 36.5 Å². The van der Waals surface area contributed by atoms with E-state index in [1.165, 1.54) is 12.7 Å². The van der Waals surface area contributed by atoms with Crippen LogP contribution in [0.15, 0.2) is 55.0 Å². The molecule has 2 heterocycles. The van der Waals surface area contributed by atoms with Gasteiger partial charge in [0.25, 0.3) is 0 Å². The Kier molecular flexibility index (Phi) is 3.21. The maximum Gasteiger partial charge on any atom is 0.337 e. The van der Waals surface area contributed by atoms with Crippen LogP contribution in [0, 0.1) is 0 Å². The molecule has 4 heteroatoms. The number of rotatable bonds is 3. The summed E-state index contributed by atoms with van der Waals surface area (Å²) in [5, 5.41) is 1.10. The number of carbonyl (C=O) groups excluding carboxylic acids is 1. The SMILES string of the molecule is COC(=O)c1ccc2ccn(Cc3ccncc3)c2c1. The molecule has 0 amide bonds. The first-order valence-corrected chi connectivity index (χ1v) is 6.34. The molecular formula is C16H14N2O2. The highest BCUT2D eigenvalue weighted by molar-refractivity contribution is 5.94. The molecule has 0 bridgehead atoms. The Balaban J connectivity index is 2.01. The van der Waals surface area contributed by atoms with E-state index < -0.39 is 0 Å². The quantitative estimate of drug-likeness (QED) is 0.685. The van der Waals surface area contributed by atoms with Gasteiger partial charge in [-0.25, -0.2) is 4.79 Å². The number of ether oxygens (including phenoxy) is 1. The Morgan fingerprint density at radius 1 is 1.20 bits per heavy atom. The van der Waals surface area contributed by atoms with Crippen LogP contribution in [0.3, 0.4) is 0 Å². The largest absolute Gasteiger partial charge is 0.465 e. The second-order valence-corrected chi connectivity index (χ2v) is 4.56. The molecule has 4 nitrogen and oxygen atoms in total. The first kappa shape index (κ1) is 12.4. The van der Waals surface area contributed by atoms with Gasteiger partial charge in [-0.05, 0) is 41.3 Å². The molecular weight excluding hydrogens is 252 g/mol. The second kappa shape index (κ2) is 5.17. The van der Waals surface area contributed by atoms with Crippen LogP contribution in [0.2, 0.25) is 0 Å². The van der Waals surface area contributed by atoms with Gasteiger partial charge >= 0.3 is 5.97 Å². The van der Waals surface area contributed by atoms with E-state index in [0.29, 0.717) is 5.56 Å². The predicted molar refractivity (Wildman–Crippen MR) is 76.6 cm³/mol. The molecule has 0 N–H and O–H groups in total. The molecule has 0 fully saturated rings. The van der Waals surface area contributed by atoms with Gasteiger partial charge in [0.1, 0.15) is 0 Å². The predicted octanol–water partition coefficient (Wildman–Crippen LogP) is 2.87. The van der Waals surface area contributed by atoms with Gasteiger partial charge in [0.15, 0.2) is 0 Å². The smallest absolute Gasteiger partial charge is 0.337 e. The third-order valence-electron chi connectivity index (χ3n) is 3.30. The Labute approximate surface area is 116 Å². The van der Waals surface area contributed by atoms with Crippen molar-refractivity contribution in [1.82, 2.24) is 9.55 Å². The minimum Gasteiger partial charge on any atom is -0.465 e. The molecule has 0 spiro atoms. The fraction of sp³-hybridized carbons (Fsp3) is 0.125. The summed E-state index contributed by atoms with van der Waals surface area (Å²) in [5.74, 6) is -0.316. The summed E-state index contributed by atoms with van der Waals surface area (Å²) in [5.41, 5.74) is 2.75. The number of nitrogens with zero attached hydrogens (tertiary/aromatic N) is 2. The van der Waals surface area contributed by atoms with E-state index >= 15 is 0 Å². The second-order valence-electron chi connectivity index (χ2n) is 4.56. The van der Waals surface area contributed by atoms with Gasteiger partial charge in [-0.2, -0.15) is 0 Å². The molecule has 100 valence electrons. The van der Waals surface area contributed by atoms with Crippen LogP contribution >= 0.6 is 0 Å². The molecule has 3 aromatic rings. The highest BCUT2D eigenvalue weighted by Gasteiger charge is 2.08. The maximum atomic E-state index is 11.6. The van der Waals surface area contributed by atoms with Crippen LogP contribution in [-0.2, 0) is 11.3 Å². The van der Waals surface area contributed by atoms with Gasteiger partial charge < -0.3 is 9.30 Å². The van der Waals surface area contributed by atoms with Crippen molar-refractivity contribution in [2.24, 2.45) is 0 Å². The van der Waals surface area contributed by atoms with Gasteiger partial charge in [0.2, 0.25) is 0 Å². The van der Waals surface area contributed by atoms with Crippen LogP contribution < -0.4 is 0 Å². The maximum absolute atomic E-state index is 11.6. The Bertz CT molecular complexity index is 748. The van der Waals surface area contributed by atoms with E-state index in [9.17, 15) is 4.79 Å². The number of fused-ring (bicyclic) bond motifs is 1. The van der Waals surface area contributed by atoms with Crippen molar-refractivity contribution in [3.63, 3.8) is 0 Å². The molecule has 2 aromatic heterocycles. The van der Waals surface area contributed by atoms with Crippen LogP contribution in [-0.4, -0.2) is 22.6 Å². The van der Waals surface area contributed by atoms with Crippen LogP contribution in [0.5, 0.6) is 0 Å². The zero-order valence-corrected chi connectivity index (χ0v) is 11.1. The number of benzene rings is 1. The Morgan fingerprint density at radius 2 is 2.00 bits per heavy atom. The molecule has 0 aliphatic heterocycles. The standard InChI is InChI=1S/C16H14N2O2/c1-20-16(19)14-3-2-13-6-9-18(15(13)10-14)11-12-4-7-17-8-5-12/h2-10H,11H2,1H3. The summed E-state index contributed by atoms with van der Waals surface area (Å²) in [6, 6.07) is 11.6. The minimum atomic E-state index is -0.316. The highest BCUT2D eigenvalue weighted by Crippen LogP contribution is 2.19. The molecule has 0 aliphatic carbocycles. The lowest BCUT2D eigenvalue weighted by Crippen LogP contribution is -2.02. The summed E-state index contributed by atoms with van der Waals surface area (Å²) >= 11 is 0. The number of methoxy groups -OCH3 is 1. The number of carbonyl (C=O) groups is 1. The lowest BCUT2D eigenvalue weighted by molar-refractivity contribution is 0.0601. The van der Waals surface area contributed by atoms with E-state index in [4.69, 9.17) is 4.74 Å². The number of esters is 1. The van der Waals surface area contributed by atoms with Crippen molar-refractivity contribution in [1.29, 1.82) is 0 Å². The van der Waals surface area contributed by atoms with Crippen LogP contribution in [0.4, 0.5) is 0 Å². The summed E-state index contributed by atoms with van der Waals surface area (Å²) in [4.78, 5) is 15.6. The van der Waals surface area contributed by atoms with E-state index in [1.54, 1.807) is 18.5 Å². The number of hydrogen-bond acceptors (Lipinski definition) is 3. The first-order valence-electron chi connectivity index (χ1n) is 6.34. The third kappa shape index (κ3) is 2.28. The first-order chi connectivity index (χ1) is 9.78. The van der Waals surface area contributed by atoms with Crippen molar-refractivity contribution in [2.75, 3.05) is 7.11 Å². The molecule has 3 rings (SSSR count). The zero-order chi connectivity index (χ0) is 13.9. The average Bonchev–Trinajstić information content (AvgIpc) is 2.90. The Hall–Kier alpha value is -2.62. The molecule has 0 atom stereocenters. The van der Waals surface area contributed by atoms with Crippen molar-refractivity contribution in [3.8, 4) is 0 Å². The molecule has 0 saturated heterocycles. The van der Waals surface area contributed by atoms with Gasteiger partial charge in [-0.3, -0.25) is 4.98 Å². The summed E-state index contributed by atoms with van der Waals surface area (Å²) in [6.45, 7) is 0.747. The topological polar surface area (TPSA) is 44.1 Å². The van der Waals surface area contributed by atoms with Crippen molar-refractivity contribution < 1.29 is 9.53 Å². The molecule has 20 heavy (non-hydrogen) atoms. The van der Waals surface area contributed by atoms with E-state index in [0.717, 1.165) is 17.4 Å². The molecule has 0 unspecified atom stereocenters. The van der Waals surface area contributed by atoms with Crippen molar-refractivity contribution in [2.45, 2.75) is 6.54 Å². The lowest BCUT2D eigenvalue weighted by Gasteiger charge is -2.06. The van der Waals surface area contributed by atoms with Gasteiger partial charge in [0, 0.05) is 30.7 Å². The van der Waals surface area contributed by atoms with E-state index in [-0.39, 0.29) is 5.97 Å². The fourth-order valence-corrected chi connectivity index (χ4v) is 2.25.